The van der Waals surface area contributed by atoms with E-state index in [-0.39, 0.29) is 0 Å². The molecule has 74 valence electrons. The molecule has 0 radical (unpaired) electrons. The third-order valence-electron chi connectivity index (χ3n) is 2.52. The molecule has 15 heavy (non-hydrogen) atoms. The SMILES string of the molecule is N#CCc1ccc(CCl)c2ccccc12. The largest absolute Gasteiger partial charge is 0.198 e. The first-order valence-electron chi connectivity index (χ1n) is 4.79. The minimum atomic E-state index is 0.447. The lowest BCUT2D eigenvalue weighted by Gasteiger charge is -2.06. The molecule has 1 nitrogen and oxygen atoms in total. The molecule has 2 rings (SSSR count). The number of fused-ring (bicyclic) bond motifs is 1. The second-order valence-electron chi connectivity index (χ2n) is 3.40. The van der Waals surface area contributed by atoms with E-state index in [0.29, 0.717) is 12.3 Å². The first-order chi connectivity index (χ1) is 7.36. The van der Waals surface area contributed by atoms with Gasteiger partial charge in [0.15, 0.2) is 0 Å². The van der Waals surface area contributed by atoms with Crippen LogP contribution < -0.4 is 0 Å². The lowest BCUT2D eigenvalue weighted by atomic mass is 9.99. The Morgan fingerprint density at radius 3 is 2.20 bits per heavy atom. The molecular weight excluding hydrogens is 206 g/mol. The highest BCUT2D eigenvalue weighted by atomic mass is 35.5. The molecule has 0 aliphatic rings. The lowest BCUT2D eigenvalue weighted by molar-refractivity contribution is 1.28. The van der Waals surface area contributed by atoms with Crippen molar-refractivity contribution in [3.8, 4) is 6.07 Å². The van der Waals surface area contributed by atoms with Crippen LogP contribution in [0.15, 0.2) is 36.4 Å². The van der Waals surface area contributed by atoms with E-state index in [4.69, 9.17) is 16.9 Å². The van der Waals surface area contributed by atoms with E-state index in [1.807, 2.05) is 36.4 Å². The van der Waals surface area contributed by atoms with E-state index in [1.54, 1.807) is 0 Å². The topological polar surface area (TPSA) is 23.8 Å². The van der Waals surface area contributed by atoms with Crippen LogP contribution in [0.3, 0.4) is 0 Å². The van der Waals surface area contributed by atoms with Crippen LogP contribution in [0.2, 0.25) is 0 Å². The van der Waals surface area contributed by atoms with Crippen molar-refractivity contribution in [3.05, 3.63) is 47.5 Å². The van der Waals surface area contributed by atoms with Gasteiger partial charge in [-0.25, -0.2) is 0 Å². The maximum atomic E-state index is 8.73. The van der Waals surface area contributed by atoms with Gasteiger partial charge in [0.1, 0.15) is 0 Å². The van der Waals surface area contributed by atoms with Crippen molar-refractivity contribution in [2.24, 2.45) is 0 Å². The molecule has 0 spiro atoms. The molecule has 0 unspecified atom stereocenters. The van der Waals surface area contributed by atoms with Gasteiger partial charge in [-0.3, -0.25) is 0 Å². The number of rotatable bonds is 2. The van der Waals surface area contributed by atoms with Gasteiger partial charge in [-0.05, 0) is 21.9 Å². The summed E-state index contributed by atoms with van der Waals surface area (Å²) in [6.45, 7) is 0. The van der Waals surface area contributed by atoms with Crippen LogP contribution in [-0.4, -0.2) is 0 Å². The minimum Gasteiger partial charge on any atom is -0.198 e. The summed E-state index contributed by atoms with van der Waals surface area (Å²) in [5, 5.41) is 11.0. The second kappa shape index (κ2) is 4.33. The standard InChI is InChI=1S/C13H10ClN/c14-9-11-6-5-10(7-8-15)12-3-1-2-4-13(11)12/h1-6H,7,9H2. The van der Waals surface area contributed by atoms with Gasteiger partial charge in [-0.15, -0.1) is 11.6 Å². The van der Waals surface area contributed by atoms with Crippen LogP contribution in [0.1, 0.15) is 11.1 Å². The highest BCUT2D eigenvalue weighted by molar-refractivity contribution is 6.18. The van der Waals surface area contributed by atoms with Crippen molar-refractivity contribution in [1.82, 2.24) is 0 Å². The summed E-state index contributed by atoms with van der Waals surface area (Å²) in [4.78, 5) is 0. The number of nitriles is 1. The normalized spacial score (nSPS) is 10.1. The Bertz CT molecular complexity index is 526. The summed E-state index contributed by atoms with van der Waals surface area (Å²) < 4.78 is 0. The molecule has 0 fully saturated rings. The van der Waals surface area contributed by atoms with Crippen molar-refractivity contribution < 1.29 is 0 Å². The highest BCUT2D eigenvalue weighted by Gasteiger charge is 2.03. The van der Waals surface area contributed by atoms with E-state index in [0.717, 1.165) is 21.9 Å². The van der Waals surface area contributed by atoms with Gasteiger partial charge >= 0.3 is 0 Å². The first-order valence-corrected chi connectivity index (χ1v) is 5.32. The van der Waals surface area contributed by atoms with Crippen LogP contribution >= 0.6 is 11.6 Å². The monoisotopic (exact) mass is 215 g/mol. The smallest absolute Gasteiger partial charge is 0.0669 e. The van der Waals surface area contributed by atoms with Crippen molar-refractivity contribution in [1.29, 1.82) is 5.26 Å². The zero-order valence-corrected chi connectivity index (χ0v) is 8.96. The van der Waals surface area contributed by atoms with Gasteiger partial charge < -0.3 is 0 Å². The van der Waals surface area contributed by atoms with E-state index < -0.39 is 0 Å². The number of halogens is 1. The number of benzene rings is 2. The molecule has 0 atom stereocenters. The van der Waals surface area contributed by atoms with Crippen molar-refractivity contribution >= 4 is 22.4 Å². The molecule has 0 saturated heterocycles. The Kier molecular flexibility index (Phi) is 2.89. The van der Waals surface area contributed by atoms with Gasteiger partial charge in [-0.1, -0.05) is 36.4 Å². The number of nitrogens with zero attached hydrogens (tertiary/aromatic N) is 1. The van der Waals surface area contributed by atoms with E-state index in [9.17, 15) is 0 Å². The van der Waals surface area contributed by atoms with Gasteiger partial charge in [0.2, 0.25) is 0 Å². The average molecular weight is 216 g/mol. The third-order valence-corrected chi connectivity index (χ3v) is 2.81. The summed E-state index contributed by atoms with van der Waals surface area (Å²) in [6, 6.07) is 14.2. The maximum Gasteiger partial charge on any atom is 0.0669 e. The molecule has 0 aliphatic carbocycles. The van der Waals surface area contributed by atoms with Crippen LogP contribution in [0, 0.1) is 11.3 Å². The predicted molar refractivity (Wildman–Crippen MR) is 62.8 cm³/mol. The van der Waals surface area contributed by atoms with Crippen molar-refractivity contribution in [2.45, 2.75) is 12.3 Å². The van der Waals surface area contributed by atoms with Crippen LogP contribution in [0.25, 0.3) is 10.8 Å². The van der Waals surface area contributed by atoms with Gasteiger partial charge in [0.05, 0.1) is 12.5 Å². The predicted octanol–water partition coefficient (Wildman–Crippen LogP) is 3.64. The second-order valence-corrected chi connectivity index (χ2v) is 3.67. The van der Waals surface area contributed by atoms with Crippen LogP contribution in [-0.2, 0) is 12.3 Å². The summed E-state index contributed by atoms with van der Waals surface area (Å²) in [5.41, 5.74) is 2.19. The van der Waals surface area contributed by atoms with E-state index in [2.05, 4.69) is 6.07 Å². The molecule has 0 aliphatic heterocycles. The Morgan fingerprint density at radius 1 is 1.00 bits per heavy atom. The third kappa shape index (κ3) is 1.82. The number of alkyl halides is 1. The maximum absolute atomic E-state index is 8.73. The molecule has 0 N–H and O–H groups in total. The Morgan fingerprint density at radius 2 is 1.60 bits per heavy atom. The van der Waals surface area contributed by atoms with E-state index in [1.165, 1.54) is 0 Å². The Balaban J connectivity index is 2.72. The fraction of sp³-hybridized carbons (Fsp3) is 0.154. The molecular formula is C13H10ClN. The Hall–Kier alpha value is -1.52. The molecule has 0 saturated carbocycles. The Labute approximate surface area is 93.9 Å². The van der Waals surface area contributed by atoms with Gasteiger partial charge in [-0.2, -0.15) is 5.26 Å². The summed E-state index contributed by atoms with van der Waals surface area (Å²) in [6.07, 6.45) is 0.447. The molecule has 0 amide bonds. The first kappa shape index (κ1) is 10.0. The summed E-state index contributed by atoms with van der Waals surface area (Å²) >= 11 is 5.87. The lowest BCUT2D eigenvalue weighted by Crippen LogP contribution is -1.88. The molecule has 2 aromatic rings. The molecule has 2 aromatic carbocycles. The minimum absolute atomic E-state index is 0.447. The van der Waals surface area contributed by atoms with Crippen molar-refractivity contribution in [2.75, 3.05) is 0 Å². The molecule has 0 aromatic heterocycles. The fourth-order valence-corrected chi connectivity index (χ4v) is 2.01. The number of hydrogen-bond acceptors (Lipinski definition) is 1. The average Bonchev–Trinajstić information content (AvgIpc) is 2.30. The van der Waals surface area contributed by atoms with E-state index >= 15 is 0 Å². The summed E-state index contributed by atoms with van der Waals surface area (Å²) in [7, 11) is 0. The number of hydrogen-bond donors (Lipinski definition) is 0. The van der Waals surface area contributed by atoms with Crippen LogP contribution in [0.5, 0.6) is 0 Å². The fourth-order valence-electron chi connectivity index (χ4n) is 1.78. The molecule has 0 bridgehead atoms. The zero-order valence-electron chi connectivity index (χ0n) is 8.20. The molecule has 2 heteroatoms. The zero-order chi connectivity index (χ0) is 10.7. The quantitative estimate of drug-likeness (QED) is 0.702. The molecule has 0 heterocycles. The van der Waals surface area contributed by atoms with Gasteiger partial charge in [0.25, 0.3) is 0 Å². The van der Waals surface area contributed by atoms with Crippen molar-refractivity contribution in [3.63, 3.8) is 0 Å². The van der Waals surface area contributed by atoms with Gasteiger partial charge in [0, 0.05) is 5.88 Å². The summed E-state index contributed by atoms with van der Waals surface area (Å²) in [5.74, 6) is 0.507. The van der Waals surface area contributed by atoms with Crippen LogP contribution in [0.4, 0.5) is 0 Å². The highest BCUT2D eigenvalue weighted by Crippen LogP contribution is 2.24.